The molecule has 10 heteroatoms. The number of ether oxygens (including phenoxy) is 2. The summed E-state index contributed by atoms with van der Waals surface area (Å²) in [6.45, 7) is 8.60. The Kier molecular flexibility index (Phi) is 10.0. The molecule has 0 aromatic heterocycles. The fourth-order valence-corrected chi connectivity index (χ4v) is 5.52. The molecule has 0 unspecified atom stereocenters. The zero-order valence-corrected chi connectivity index (χ0v) is 25.5. The number of rotatable bonds is 11. The molecule has 41 heavy (non-hydrogen) atoms. The lowest BCUT2D eigenvalue weighted by atomic mass is 10.1. The van der Waals surface area contributed by atoms with E-state index in [1.807, 2.05) is 27.7 Å². The van der Waals surface area contributed by atoms with Crippen molar-refractivity contribution in [3.8, 4) is 11.5 Å². The molecule has 0 saturated carbocycles. The van der Waals surface area contributed by atoms with Crippen LogP contribution in [-0.2, 0) is 26.2 Å². The van der Waals surface area contributed by atoms with Gasteiger partial charge in [0.1, 0.15) is 24.1 Å². The lowest BCUT2D eigenvalue weighted by Gasteiger charge is -2.33. The van der Waals surface area contributed by atoms with Gasteiger partial charge in [-0.05, 0) is 76.6 Å². The minimum atomic E-state index is -4.17. The smallest absolute Gasteiger partial charge is 0.264 e. The van der Waals surface area contributed by atoms with Crippen molar-refractivity contribution in [2.45, 2.75) is 57.6 Å². The van der Waals surface area contributed by atoms with Gasteiger partial charge in [0, 0.05) is 18.2 Å². The molecular weight excluding hydrogens is 542 g/mol. The molecule has 3 aromatic rings. The summed E-state index contributed by atoms with van der Waals surface area (Å²) in [6.07, 6.45) is 0. The van der Waals surface area contributed by atoms with Gasteiger partial charge in [0.2, 0.25) is 11.8 Å². The zero-order valence-electron chi connectivity index (χ0n) is 24.7. The van der Waals surface area contributed by atoms with Gasteiger partial charge >= 0.3 is 0 Å². The Bertz CT molecular complexity index is 1450. The lowest BCUT2D eigenvalue weighted by Crippen LogP contribution is -2.54. The van der Waals surface area contributed by atoms with Crippen LogP contribution in [0.5, 0.6) is 11.5 Å². The van der Waals surface area contributed by atoms with Gasteiger partial charge in [0.25, 0.3) is 10.0 Å². The molecule has 3 aromatic carbocycles. The molecule has 220 valence electrons. The van der Waals surface area contributed by atoms with E-state index in [0.29, 0.717) is 11.5 Å². The number of aryl methyl sites for hydroxylation is 1. The molecule has 0 radical (unpaired) electrons. The number of nitrogens with zero attached hydrogens (tertiary/aromatic N) is 2. The first kappa shape index (κ1) is 31.5. The van der Waals surface area contributed by atoms with Gasteiger partial charge in [-0.1, -0.05) is 35.9 Å². The highest BCUT2D eigenvalue weighted by atomic mass is 32.2. The number of benzene rings is 3. The third-order valence-electron chi connectivity index (χ3n) is 6.41. The molecular formula is C31H39N3O6S. The Morgan fingerprint density at radius 3 is 2.07 bits per heavy atom. The van der Waals surface area contributed by atoms with E-state index in [1.54, 1.807) is 74.7 Å². The van der Waals surface area contributed by atoms with E-state index in [9.17, 15) is 18.0 Å². The molecule has 2 amide bonds. The summed E-state index contributed by atoms with van der Waals surface area (Å²) >= 11 is 0. The van der Waals surface area contributed by atoms with Crippen LogP contribution in [0.25, 0.3) is 0 Å². The van der Waals surface area contributed by atoms with Crippen LogP contribution < -0.4 is 19.1 Å². The van der Waals surface area contributed by atoms with E-state index in [4.69, 9.17) is 9.47 Å². The number of nitrogens with one attached hydrogen (secondary N) is 1. The summed E-state index contributed by atoms with van der Waals surface area (Å²) in [7, 11) is -1.13. The SMILES string of the molecule is COc1ccc(CN(C(=O)CN(c2cccc(OC)c2)S(=O)(=O)c2ccc(C)cc2)[C@@H](C)C(=O)NC(C)(C)C)cc1. The maximum Gasteiger partial charge on any atom is 0.264 e. The molecule has 0 heterocycles. The van der Waals surface area contributed by atoms with E-state index in [-0.39, 0.29) is 23.0 Å². The van der Waals surface area contributed by atoms with Crippen LogP contribution in [0.1, 0.15) is 38.8 Å². The predicted molar refractivity (Wildman–Crippen MR) is 160 cm³/mol. The fraction of sp³-hybridized carbons (Fsp3) is 0.355. The topological polar surface area (TPSA) is 105 Å². The van der Waals surface area contributed by atoms with Gasteiger partial charge in [-0.3, -0.25) is 13.9 Å². The number of carbonyl (C=O) groups excluding carboxylic acids is 2. The Balaban J connectivity index is 2.05. The summed E-state index contributed by atoms with van der Waals surface area (Å²) in [4.78, 5) is 28.7. The molecule has 0 aliphatic rings. The summed E-state index contributed by atoms with van der Waals surface area (Å²) < 4.78 is 39.5. The van der Waals surface area contributed by atoms with Gasteiger partial charge in [0.05, 0.1) is 24.8 Å². The van der Waals surface area contributed by atoms with Crippen LogP contribution in [-0.4, -0.2) is 57.5 Å². The monoisotopic (exact) mass is 581 g/mol. The van der Waals surface area contributed by atoms with Crippen molar-refractivity contribution in [3.05, 3.63) is 83.9 Å². The van der Waals surface area contributed by atoms with Gasteiger partial charge in [0.15, 0.2) is 0 Å². The molecule has 0 spiro atoms. The third-order valence-corrected chi connectivity index (χ3v) is 8.19. The predicted octanol–water partition coefficient (Wildman–Crippen LogP) is 4.54. The van der Waals surface area contributed by atoms with Crippen LogP contribution in [0.15, 0.2) is 77.7 Å². The second-order valence-corrected chi connectivity index (χ2v) is 12.7. The Morgan fingerprint density at radius 2 is 1.51 bits per heavy atom. The van der Waals surface area contributed by atoms with E-state index in [0.717, 1.165) is 15.4 Å². The largest absolute Gasteiger partial charge is 0.497 e. The van der Waals surface area contributed by atoms with Crippen LogP contribution in [0, 0.1) is 6.92 Å². The van der Waals surface area contributed by atoms with E-state index in [2.05, 4.69) is 5.32 Å². The number of sulfonamides is 1. The average Bonchev–Trinajstić information content (AvgIpc) is 2.93. The minimum Gasteiger partial charge on any atom is -0.497 e. The molecule has 9 nitrogen and oxygen atoms in total. The van der Waals surface area contributed by atoms with Crippen molar-refractivity contribution >= 4 is 27.5 Å². The zero-order chi connectivity index (χ0) is 30.4. The standard InChI is InChI=1S/C31H39N3O6S/c1-22-11-17-28(18-12-22)41(37,38)34(25-9-8-10-27(19-25)40-7)21-29(35)33(23(2)30(36)32-31(3,4)5)20-24-13-15-26(39-6)16-14-24/h8-19,23H,20-21H2,1-7H3,(H,32,36)/t23-/m0/s1. The number of amides is 2. The highest BCUT2D eigenvalue weighted by Crippen LogP contribution is 2.28. The fourth-order valence-electron chi connectivity index (χ4n) is 4.12. The summed E-state index contributed by atoms with van der Waals surface area (Å²) in [5.74, 6) is 0.190. The molecule has 0 aliphatic heterocycles. The molecule has 3 rings (SSSR count). The second kappa shape index (κ2) is 13.1. The third kappa shape index (κ3) is 8.23. The first-order valence-electron chi connectivity index (χ1n) is 13.2. The van der Waals surface area contributed by atoms with Gasteiger partial charge in [-0.2, -0.15) is 0 Å². The number of carbonyl (C=O) groups is 2. The van der Waals surface area contributed by atoms with E-state index in [1.165, 1.54) is 24.1 Å². The van der Waals surface area contributed by atoms with Crippen LogP contribution in [0.4, 0.5) is 5.69 Å². The molecule has 1 N–H and O–H groups in total. The van der Waals surface area contributed by atoms with Crippen LogP contribution in [0.3, 0.4) is 0 Å². The van der Waals surface area contributed by atoms with E-state index < -0.39 is 34.1 Å². The first-order chi connectivity index (χ1) is 19.2. The number of anilines is 1. The van der Waals surface area contributed by atoms with Crippen LogP contribution in [0.2, 0.25) is 0 Å². The Labute approximate surface area is 243 Å². The average molecular weight is 582 g/mol. The Morgan fingerprint density at radius 1 is 0.902 bits per heavy atom. The van der Waals surface area contributed by atoms with E-state index >= 15 is 0 Å². The highest BCUT2D eigenvalue weighted by Gasteiger charge is 2.33. The normalized spacial score (nSPS) is 12.3. The number of hydrogen-bond donors (Lipinski definition) is 1. The van der Waals surface area contributed by atoms with Gasteiger partial charge < -0.3 is 19.7 Å². The maximum absolute atomic E-state index is 14.0. The first-order valence-corrected chi connectivity index (χ1v) is 14.7. The van der Waals surface area contributed by atoms with Crippen molar-refractivity contribution in [1.82, 2.24) is 10.2 Å². The van der Waals surface area contributed by atoms with Gasteiger partial charge in [-0.15, -0.1) is 0 Å². The van der Waals surface area contributed by atoms with Crippen LogP contribution >= 0.6 is 0 Å². The van der Waals surface area contributed by atoms with Crippen molar-refractivity contribution in [2.75, 3.05) is 25.1 Å². The highest BCUT2D eigenvalue weighted by molar-refractivity contribution is 7.92. The van der Waals surface area contributed by atoms with Crippen molar-refractivity contribution < 1.29 is 27.5 Å². The molecule has 0 bridgehead atoms. The summed E-state index contributed by atoms with van der Waals surface area (Å²) in [5, 5.41) is 2.92. The van der Waals surface area contributed by atoms with Crippen molar-refractivity contribution in [3.63, 3.8) is 0 Å². The maximum atomic E-state index is 14.0. The Hall–Kier alpha value is -4.05. The summed E-state index contributed by atoms with van der Waals surface area (Å²) in [5.41, 5.74) is 1.39. The number of methoxy groups -OCH3 is 2. The number of hydrogen-bond acceptors (Lipinski definition) is 6. The molecule has 0 aliphatic carbocycles. The van der Waals surface area contributed by atoms with Crippen molar-refractivity contribution in [1.29, 1.82) is 0 Å². The molecule has 0 saturated heterocycles. The quantitative estimate of drug-likeness (QED) is 0.357. The minimum absolute atomic E-state index is 0.0407. The molecule has 0 fully saturated rings. The van der Waals surface area contributed by atoms with Gasteiger partial charge in [-0.25, -0.2) is 8.42 Å². The van der Waals surface area contributed by atoms with Crippen molar-refractivity contribution in [2.24, 2.45) is 0 Å². The summed E-state index contributed by atoms with van der Waals surface area (Å²) in [6, 6.07) is 19.2. The second-order valence-electron chi connectivity index (χ2n) is 10.8. The lowest BCUT2D eigenvalue weighted by molar-refractivity contribution is -0.140. The molecule has 1 atom stereocenters.